The molecule has 0 aromatic heterocycles. The van der Waals surface area contributed by atoms with E-state index in [9.17, 15) is 4.79 Å². The van der Waals surface area contributed by atoms with Crippen molar-refractivity contribution in [3.05, 3.63) is 89.0 Å². The lowest BCUT2D eigenvalue weighted by Crippen LogP contribution is -2.41. The highest BCUT2D eigenvalue weighted by atomic mass is 16.5. The number of hydrogen-bond acceptors (Lipinski definition) is 5. The summed E-state index contributed by atoms with van der Waals surface area (Å²) in [5, 5.41) is 3.58. The highest BCUT2D eigenvalue weighted by Gasteiger charge is 2.32. The van der Waals surface area contributed by atoms with Gasteiger partial charge < -0.3 is 24.4 Å². The number of rotatable bonds is 9. The molecule has 0 aliphatic carbocycles. The van der Waals surface area contributed by atoms with Gasteiger partial charge in [-0.2, -0.15) is 0 Å². The van der Waals surface area contributed by atoms with E-state index in [1.807, 2.05) is 35.2 Å². The lowest BCUT2D eigenvalue weighted by molar-refractivity contribution is 0.0660. The maximum Gasteiger partial charge on any atom is 0.254 e. The van der Waals surface area contributed by atoms with Gasteiger partial charge >= 0.3 is 0 Å². The molecule has 0 radical (unpaired) electrons. The molecule has 1 amide bonds. The number of carbonyl (C=O) groups excluding carboxylic acids is 1. The van der Waals surface area contributed by atoms with Crippen LogP contribution in [0.4, 0.5) is 0 Å². The largest absolute Gasteiger partial charge is 0.497 e. The second kappa shape index (κ2) is 12.4. The van der Waals surface area contributed by atoms with Gasteiger partial charge in [0.05, 0.1) is 26.9 Å². The second-order valence-electron chi connectivity index (χ2n) is 10.2. The van der Waals surface area contributed by atoms with Gasteiger partial charge in [0.1, 0.15) is 17.2 Å². The topological polar surface area (TPSA) is 60.0 Å². The Morgan fingerprint density at radius 2 is 1.66 bits per heavy atom. The summed E-state index contributed by atoms with van der Waals surface area (Å²) >= 11 is 0. The Bertz CT molecular complexity index is 1200. The Kier molecular flexibility index (Phi) is 8.49. The molecule has 1 fully saturated rings. The van der Waals surface area contributed by atoms with E-state index >= 15 is 0 Å². The van der Waals surface area contributed by atoms with Crippen molar-refractivity contribution < 1.29 is 19.0 Å². The zero-order chi connectivity index (χ0) is 26.3. The van der Waals surface area contributed by atoms with Gasteiger partial charge in [0, 0.05) is 18.2 Å². The third-order valence-corrected chi connectivity index (χ3v) is 7.81. The summed E-state index contributed by atoms with van der Waals surface area (Å²) in [6.07, 6.45) is 6.39. The van der Waals surface area contributed by atoms with Crippen molar-refractivity contribution in [3.8, 4) is 17.2 Å². The molecular formula is C32H38N2O4. The summed E-state index contributed by atoms with van der Waals surface area (Å²) in [5.41, 5.74) is 4.26. The summed E-state index contributed by atoms with van der Waals surface area (Å²) in [6.45, 7) is 2.50. The Morgan fingerprint density at radius 3 is 2.37 bits per heavy atom. The standard InChI is InChI=1S/C32H38N2O4/c1-36-27-12-8-24(9-13-27)32(35)34-19-16-25-22-29(37-2)14-15-30(25)31(34)21-23-6-10-28(11-7-23)38-20-17-26-5-3-4-18-33-26/h6-15,22,26,31,33H,3-5,16-21H2,1-2H3. The fraction of sp³-hybridized carbons (Fsp3) is 0.406. The quantitative estimate of drug-likeness (QED) is 0.403. The predicted octanol–water partition coefficient (Wildman–Crippen LogP) is 5.60. The first-order valence-electron chi connectivity index (χ1n) is 13.7. The van der Waals surface area contributed by atoms with Crippen LogP contribution in [0.2, 0.25) is 0 Å². The predicted molar refractivity (Wildman–Crippen MR) is 149 cm³/mol. The molecule has 1 saturated heterocycles. The normalized spacial score (nSPS) is 18.9. The molecule has 5 rings (SSSR count). The first-order chi connectivity index (χ1) is 18.6. The zero-order valence-corrected chi connectivity index (χ0v) is 22.4. The van der Waals surface area contributed by atoms with E-state index < -0.39 is 0 Å². The van der Waals surface area contributed by atoms with Gasteiger partial charge in [-0.3, -0.25) is 4.79 Å². The number of methoxy groups -OCH3 is 2. The lowest BCUT2D eigenvalue weighted by atomic mass is 9.88. The molecule has 6 nitrogen and oxygen atoms in total. The van der Waals surface area contributed by atoms with E-state index in [2.05, 4.69) is 41.7 Å². The van der Waals surface area contributed by atoms with Crippen LogP contribution in [0.5, 0.6) is 17.2 Å². The molecule has 0 saturated carbocycles. The fourth-order valence-electron chi connectivity index (χ4n) is 5.61. The van der Waals surface area contributed by atoms with Gasteiger partial charge in [-0.15, -0.1) is 0 Å². The molecule has 6 heteroatoms. The van der Waals surface area contributed by atoms with Crippen LogP contribution in [-0.2, 0) is 12.8 Å². The number of nitrogens with one attached hydrogen (secondary N) is 1. The summed E-state index contributed by atoms with van der Waals surface area (Å²) in [5.74, 6) is 2.52. The smallest absolute Gasteiger partial charge is 0.254 e. The van der Waals surface area contributed by atoms with Crippen LogP contribution in [0.25, 0.3) is 0 Å². The number of nitrogens with zero attached hydrogens (tertiary/aromatic N) is 1. The monoisotopic (exact) mass is 514 g/mol. The lowest BCUT2D eigenvalue weighted by Gasteiger charge is -2.38. The average Bonchev–Trinajstić information content (AvgIpc) is 2.98. The van der Waals surface area contributed by atoms with Gasteiger partial charge in [-0.1, -0.05) is 24.6 Å². The zero-order valence-electron chi connectivity index (χ0n) is 22.4. The molecule has 2 atom stereocenters. The molecule has 38 heavy (non-hydrogen) atoms. The molecule has 3 aromatic rings. The number of benzene rings is 3. The van der Waals surface area contributed by atoms with E-state index in [4.69, 9.17) is 14.2 Å². The minimum Gasteiger partial charge on any atom is -0.497 e. The van der Waals surface area contributed by atoms with Crippen LogP contribution in [-0.4, -0.2) is 50.8 Å². The highest BCUT2D eigenvalue weighted by molar-refractivity contribution is 5.94. The first kappa shape index (κ1) is 26.1. The van der Waals surface area contributed by atoms with Crippen molar-refractivity contribution in [3.63, 3.8) is 0 Å². The van der Waals surface area contributed by atoms with Crippen LogP contribution in [0.3, 0.4) is 0 Å². The second-order valence-corrected chi connectivity index (χ2v) is 10.2. The van der Waals surface area contributed by atoms with E-state index in [1.165, 1.54) is 36.0 Å². The Hall–Kier alpha value is -3.51. The van der Waals surface area contributed by atoms with E-state index in [1.54, 1.807) is 14.2 Å². The Morgan fingerprint density at radius 1 is 0.921 bits per heavy atom. The van der Waals surface area contributed by atoms with E-state index in [-0.39, 0.29) is 11.9 Å². The molecular weight excluding hydrogens is 476 g/mol. The third kappa shape index (κ3) is 6.13. The maximum absolute atomic E-state index is 13.7. The van der Waals surface area contributed by atoms with Gasteiger partial charge in [0.15, 0.2) is 0 Å². The van der Waals surface area contributed by atoms with Crippen LogP contribution < -0.4 is 19.5 Å². The van der Waals surface area contributed by atoms with Crippen LogP contribution in [0, 0.1) is 0 Å². The minimum atomic E-state index is -0.0663. The Balaban J connectivity index is 1.31. The van der Waals surface area contributed by atoms with Crippen molar-refractivity contribution in [2.45, 2.75) is 50.6 Å². The van der Waals surface area contributed by atoms with Gasteiger partial charge in [-0.05, 0) is 104 Å². The van der Waals surface area contributed by atoms with Crippen molar-refractivity contribution in [1.82, 2.24) is 10.2 Å². The number of piperidine rings is 1. The maximum atomic E-state index is 13.7. The molecule has 0 bridgehead atoms. The Labute approximate surface area is 225 Å². The number of ether oxygens (including phenoxy) is 3. The molecule has 2 heterocycles. The molecule has 3 aromatic carbocycles. The van der Waals surface area contributed by atoms with Crippen molar-refractivity contribution >= 4 is 5.91 Å². The third-order valence-electron chi connectivity index (χ3n) is 7.81. The average molecular weight is 515 g/mol. The number of fused-ring (bicyclic) bond motifs is 1. The molecule has 1 N–H and O–H groups in total. The molecule has 2 unspecified atom stereocenters. The number of carbonyl (C=O) groups is 1. The number of hydrogen-bond donors (Lipinski definition) is 1. The van der Waals surface area contributed by atoms with Crippen LogP contribution in [0.1, 0.15) is 58.8 Å². The van der Waals surface area contributed by atoms with Gasteiger partial charge in [0.25, 0.3) is 5.91 Å². The molecule has 200 valence electrons. The van der Waals surface area contributed by atoms with Gasteiger partial charge in [0.2, 0.25) is 0 Å². The summed E-state index contributed by atoms with van der Waals surface area (Å²) in [7, 11) is 3.32. The fourth-order valence-corrected chi connectivity index (χ4v) is 5.61. The summed E-state index contributed by atoms with van der Waals surface area (Å²) < 4.78 is 16.8. The van der Waals surface area contributed by atoms with Crippen LogP contribution in [0.15, 0.2) is 66.7 Å². The summed E-state index contributed by atoms with van der Waals surface area (Å²) in [6, 6.07) is 22.4. The van der Waals surface area contributed by atoms with Gasteiger partial charge in [-0.25, -0.2) is 0 Å². The van der Waals surface area contributed by atoms with E-state index in [0.29, 0.717) is 18.2 Å². The molecule has 0 spiro atoms. The summed E-state index contributed by atoms with van der Waals surface area (Å²) in [4.78, 5) is 15.7. The molecule has 2 aliphatic rings. The SMILES string of the molecule is COc1ccc(C(=O)N2CCc3cc(OC)ccc3C2Cc2ccc(OCCC3CCCCN3)cc2)cc1. The van der Waals surface area contributed by atoms with Crippen LogP contribution >= 0.6 is 0 Å². The number of amides is 1. The van der Waals surface area contributed by atoms with E-state index in [0.717, 1.165) is 49.7 Å². The van der Waals surface area contributed by atoms with Crippen molar-refractivity contribution in [1.29, 1.82) is 0 Å². The minimum absolute atomic E-state index is 0.0374. The van der Waals surface area contributed by atoms with Crippen molar-refractivity contribution in [2.75, 3.05) is 33.9 Å². The molecule has 2 aliphatic heterocycles. The highest BCUT2D eigenvalue weighted by Crippen LogP contribution is 2.36. The first-order valence-corrected chi connectivity index (χ1v) is 13.7. The van der Waals surface area contributed by atoms with Crippen molar-refractivity contribution in [2.24, 2.45) is 0 Å².